The van der Waals surface area contributed by atoms with Crippen molar-refractivity contribution >= 4 is 0 Å². The Morgan fingerprint density at radius 1 is 1.21 bits per heavy atom. The third-order valence-corrected chi connectivity index (χ3v) is 4.25. The Bertz CT molecular complexity index is 193. The van der Waals surface area contributed by atoms with Crippen LogP contribution >= 0.6 is 0 Å². The predicted molar refractivity (Wildman–Crippen MR) is 59.9 cm³/mol. The van der Waals surface area contributed by atoms with Crippen LogP contribution in [0.5, 0.6) is 0 Å². The second-order valence-electron chi connectivity index (χ2n) is 5.99. The van der Waals surface area contributed by atoms with Crippen molar-refractivity contribution in [3.8, 4) is 0 Å². The fourth-order valence-corrected chi connectivity index (χ4v) is 2.10. The Morgan fingerprint density at radius 2 is 1.79 bits per heavy atom. The molecule has 14 heavy (non-hydrogen) atoms. The molecule has 0 aliphatic carbocycles. The molecular weight excluding hydrogens is 174 g/mol. The third kappa shape index (κ3) is 1.96. The zero-order valence-electron chi connectivity index (χ0n) is 10.5. The molecule has 1 N–H and O–H groups in total. The highest BCUT2D eigenvalue weighted by atomic mass is 16.7. The average molecular weight is 199 g/mol. The maximum Gasteiger partial charge on any atom is 0.0834 e. The lowest BCUT2D eigenvalue weighted by Gasteiger charge is -2.44. The summed E-state index contributed by atoms with van der Waals surface area (Å²) in [5.74, 6) is 0.618. The van der Waals surface area contributed by atoms with E-state index < -0.39 is 0 Å². The van der Waals surface area contributed by atoms with Gasteiger partial charge in [-0.3, -0.25) is 4.84 Å². The molecule has 2 nitrogen and oxygen atoms in total. The van der Waals surface area contributed by atoms with E-state index >= 15 is 0 Å². The van der Waals surface area contributed by atoms with E-state index in [-0.39, 0.29) is 0 Å². The van der Waals surface area contributed by atoms with Crippen LogP contribution in [0.1, 0.15) is 48.0 Å². The highest BCUT2D eigenvalue weighted by Gasteiger charge is 2.45. The molecule has 2 atom stereocenters. The maximum atomic E-state index is 5.55. The van der Waals surface area contributed by atoms with Gasteiger partial charge in [-0.2, -0.15) is 0 Å². The van der Waals surface area contributed by atoms with E-state index in [0.29, 0.717) is 22.9 Å². The highest BCUT2D eigenvalue weighted by Crippen LogP contribution is 2.47. The van der Waals surface area contributed by atoms with E-state index in [1.54, 1.807) is 0 Å². The molecule has 0 amide bonds. The van der Waals surface area contributed by atoms with Crippen molar-refractivity contribution in [2.75, 3.05) is 6.54 Å². The van der Waals surface area contributed by atoms with Gasteiger partial charge in [0.1, 0.15) is 0 Å². The fourth-order valence-electron chi connectivity index (χ4n) is 2.10. The topological polar surface area (TPSA) is 21.3 Å². The van der Waals surface area contributed by atoms with Gasteiger partial charge in [-0.05, 0) is 17.3 Å². The Morgan fingerprint density at radius 3 is 2.21 bits per heavy atom. The molecule has 1 fully saturated rings. The van der Waals surface area contributed by atoms with Gasteiger partial charge in [0.15, 0.2) is 0 Å². The summed E-state index contributed by atoms with van der Waals surface area (Å²) in [6.07, 6.45) is 1.47. The molecule has 0 saturated carbocycles. The summed E-state index contributed by atoms with van der Waals surface area (Å²) in [6.45, 7) is 14.9. The molecule has 1 aliphatic heterocycles. The normalized spacial score (nSPS) is 29.6. The van der Waals surface area contributed by atoms with Crippen LogP contribution in [0.3, 0.4) is 0 Å². The molecule has 2 unspecified atom stereocenters. The van der Waals surface area contributed by atoms with Gasteiger partial charge in [0.25, 0.3) is 0 Å². The minimum absolute atomic E-state index is 0.303. The van der Waals surface area contributed by atoms with Gasteiger partial charge in [-0.1, -0.05) is 41.5 Å². The second-order valence-corrected chi connectivity index (χ2v) is 5.99. The van der Waals surface area contributed by atoms with Crippen LogP contribution < -0.4 is 5.48 Å². The lowest BCUT2D eigenvalue weighted by molar-refractivity contribution is -0.0238. The Labute approximate surface area is 88.4 Å². The van der Waals surface area contributed by atoms with Gasteiger partial charge in [0, 0.05) is 12.5 Å². The van der Waals surface area contributed by atoms with Crippen LogP contribution in [0, 0.1) is 16.7 Å². The fraction of sp³-hybridized carbons (Fsp3) is 1.00. The number of nitrogens with one attached hydrogen (secondary N) is 1. The van der Waals surface area contributed by atoms with Gasteiger partial charge in [0.2, 0.25) is 0 Å². The maximum absolute atomic E-state index is 5.55. The molecule has 1 rings (SSSR count). The van der Waals surface area contributed by atoms with Gasteiger partial charge in [-0.15, -0.1) is 0 Å². The summed E-state index contributed by atoms with van der Waals surface area (Å²) in [4.78, 5) is 5.55. The monoisotopic (exact) mass is 199 g/mol. The largest absolute Gasteiger partial charge is 0.298 e. The molecule has 0 spiro atoms. The minimum Gasteiger partial charge on any atom is -0.298 e. The second kappa shape index (κ2) is 3.82. The third-order valence-electron chi connectivity index (χ3n) is 4.25. The number of rotatable bonds is 2. The van der Waals surface area contributed by atoms with Crippen molar-refractivity contribution in [3.63, 3.8) is 0 Å². The molecule has 0 radical (unpaired) electrons. The van der Waals surface area contributed by atoms with E-state index in [9.17, 15) is 0 Å². The Hall–Kier alpha value is -0.0800. The predicted octanol–water partition coefficient (Wildman–Crippen LogP) is 2.99. The quantitative estimate of drug-likeness (QED) is 0.738. The van der Waals surface area contributed by atoms with E-state index in [0.717, 1.165) is 13.0 Å². The summed E-state index contributed by atoms with van der Waals surface area (Å²) in [5.41, 5.74) is 3.67. The average Bonchev–Trinajstić information content (AvgIpc) is 2.49. The number of hydroxylamine groups is 1. The number of hydrogen-bond acceptors (Lipinski definition) is 2. The first-order valence-corrected chi connectivity index (χ1v) is 5.69. The summed E-state index contributed by atoms with van der Waals surface area (Å²) in [5, 5.41) is 0. The van der Waals surface area contributed by atoms with Gasteiger partial charge in [-0.25, -0.2) is 5.48 Å². The van der Waals surface area contributed by atoms with E-state index in [1.165, 1.54) is 0 Å². The molecule has 84 valence electrons. The van der Waals surface area contributed by atoms with Crippen LogP contribution in [-0.2, 0) is 4.84 Å². The SMILES string of the molecule is CCC1ONCC1C(C)(C)C(C)(C)C. The van der Waals surface area contributed by atoms with Gasteiger partial charge in [0.05, 0.1) is 6.10 Å². The summed E-state index contributed by atoms with van der Waals surface area (Å²) < 4.78 is 0. The van der Waals surface area contributed by atoms with Crippen LogP contribution in [0.25, 0.3) is 0 Å². The van der Waals surface area contributed by atoms with Crippen molar-refractivity contribution in [2.45, 2.75) is 54.1 Å². The molecule has 2 heteroatoms. The summed E-state index contributed by atoms with van der Waals surface area (Å²) in [6, 6.07) is 0. The zero-order chi connectivity index (χ0) is 11.0. The first-order valence-electron chi connectivity index (χ1n) is 5.69. The van der Waals surface area contributed by atoms with Crippen molar-refractivity contribution in [1.82, 2.24) is 5.48 Å². The zero-order valence-corrected chi connectivity index (χ0v) is 10.5. The van der Waals surface area contributed by atoms with Gasteiger partial charge < -0.3 is 0 Å². The molecule has 0 bridgehead atoms. The molecule has 1 heterocycles. The summed E-state index contributed by atoms with van der Waals surface area (Å²) in [7, 11) is 0. The summed E-state index contributed by atoms with van der Waals surface area (Å²) >= 11 is 0. The van der Waals surface area contributed by atoms with Crippen LogP contribution in [0.4, 0.5) is 0 Å². The lowest BCUT2D eigenvalue weighted by Crippen LogP contribution is -2.42. The smallest absolute Gasteiger partial charge is 0.0834 e. The van der Waals surface area contributed by atoms with Crippen LogP contribution in [-0.4, -0.2) is 12.6 Å². The molecule has 0 aromatic carbocycles. The van der Waals surface area contributed by atoms with Crippen LogP contribution in [0.15, 0.2) is 0 Å². The van der Waals surface area contributed by atoms with Crippen molar-refractivity contribution in [3.05, 3.63) is 0 Å². The van der Waals surface area contributed by atoms with Crippen molar-refractivity contribution < 1.29 is 4.84 Å². The molecule has 1 aliphatic rings. The van der Waals surface area contributed by atoms with Crippen molar-refractivity contribution in [2.24, 2.45) is 16.7 Å². The first kappa shape index (κ1) is 12.0. The molecule has 0 aromatic heterocycles. The molecule has 1 saturated heterocycles. The Kier molecular flexibility index (Phi) is 3.27. The minimum atomic E-state index is 0.303. The molecular formula is C12H25NO. The van der Waals surface area contributed by atoms with E-state index in [2.05, 4.69) is 47.0 Å². The van der Waals surface area contributed by atoms with E-state index in [4.69, 9.17) is 4.84 Å². The van der Waals surface area contributed by atoms with Gasteiger partial charge >= 0.3 is 0 Å². The Balaban J connectivity index is 2.81. The standard InChI is InChI=1S/C12H25NO/c1-7-10-9(8-13-14-10)12(5,6)11(2,3)4/h9-10,13H,7-8H2,1-6H3. The van der Waals surface area contributed by atoms with E-state index in [1.807, 2.05) is 0 Å². The van der Waals surface area contributed by atoms with Crippen molar-refractivity contribution in [1.29, 1.82) is 0 Å². The van der Waals surface area contributed by atoms with Crippen LogP contribution in [0.2, 0.25) is 0 Å². The number of hydrogen-bond donors (Lipinski definition) is 1. The first-order chi connectivity index (χ1) is 6.30. The molecule has 0 aromatic rings. The highest BCUT2D eigenvalue weighted by molar-refractivity contribution is 4.94. The lowest BCUT2D eigenvalue weighted by atomic mass is 9.60.